The summed E-state index contributed by atoms with van der Waals surface area (Å²) in [7, 11) is 0. The van der Waals surface area contributed by atoms with Gasteiger partial charge in [-0.2, -0.15) is 4.73 Å². The van der Waals surface area contributed by atoms with Crippen LogP contribution in [0.2, 0.25) is 0 Å². The first-order valence-corrected chi connectivity index (χ1v) is 29.3. The van der Waals surface area contributed by atoms with E-state index in [1.165, 1.54) is 59.7 Å². The number of ether oxygens (including phenoxy) is 3. The first-order valence-electron chi connectivity index (χ1n) is 29.3. The highest BCUT2D eigenvalue weighted by molar-refractivity contribution is 5.99. The van der Waals surface area contributed by atoms with Crippen LogP contribution in [0.4, 0.5) is 0 Å². The number of carboxylic acid groups (broad SMARTS) is 1. The van der Waals surface area contributed by atoms with Gasteiger partial charge in [0.2, 0.25) is 24.2 Å². The summed E-state index contributed by atoms with van der Waals surface area (Å²) >= 11 is 0. The van der Waals surface area contributed by atoms with Crippen LogP contribution in [0.15, 0.2) is 99.6 Å². The molecule has 0 amide bonds. The van der Waals surface area contributed by atoms with Gasteiger partial charge in [0.05, 0.1) is 41.5 Å². The molecule has 3 aromatic carbocycles. The molecule has 6 aromatic rings. The van der Waals surface area contributed by atoms with Crippen molar-refractivity contribution in [3.05, 3.63) is 107 Å². The number of carboxylic acids is 1. The summed E-state index contributed by atoms with van der Waals surface area (Å²) in [5.74, 6) is -5.14. The zero-order chi connectivity index (χ0) is 64.0. The number of phenolic OH excluding ortho intramolecular Hbond substituents is 1. The van der Waals surface area contributed by atoms with E-state index in [-0.39, 0.29) is 65.2 Å². The largest absolute Gasteiger partial charge is 0.508 e. The minimum atomic E-state index is -3.57. The standard InChI is InChI=1S/C62H75N7O20/c1-33-24-34(2)26-38(25-33)52-50-37(17-20-65-50)28-69(52)89-54-57(86-40-14-15-42-47(27-40)85-30-43(53(42)79)35-9-12-39(76)13-10-35)87-58(60(83,31-74)62(54,84)48(78)8-4-21-70)61(32-75,88-56(82)51(55(80)81)64-19-5-22-71)68-59(63)67-45(29-73)44-16-11-36-6-3-7-41(49(36)66-44)46(77)18-23-72/h9-10,12-15,17,20,22-30,36,41,44-46,48-49,51,54,57-58,64-66,70,74-78,83-84H,3-8,11,16,18-19,21,31-32H2,1-2H3,(H,80,81)(H3,63,67,68)/t36-,41+,44+,45-,46+,48+,49+,51+,54+,57-,58+,60-,61+,62-/m0/s1. The number of hydrogen-bond donors (Lipinski definition) is 14. The van der Waals surface area contributed by atoms with E-state index in [4.69, 9.17) is 29.2 Å². The number of carbonyl (C=O) groups is 5. The molecule has 5 heterocycles. The van der Waals surface area contributed by atoms with Gasteiger partial charge in [-0.3, -0.25) is 10.1 Å². The van der Waals surface area contributed by atoms with E-state index in [0.29, 0.717) is 65.8 Å². The van der Waals surface area contributed by atoms with Crippen molar-refractivity contribution in [1.82, 2.24) is 25.7 Å². The number of H-pyrrole nitrogens is 1. The van der Waals surface area contributed by atoms with Crippen molar-refractivity contribution in [2.75, 3.05) is 26.4 Å². The smallest absolute Gasteiger partial charge is 0.337 e. The lowest BCUT2D eigenvalue weighted by atomic mass is 9.66. The van der Waals surface area contributed by atoms with Crippen LogP contribution in [-0.4, -0.2) is 191 Å². The number of phenols is 1. The predicted octanol–water partition coefficient (Wildman–Crippen LogP) is 0.743. The Kier molecular flexibility index (Phi) is 20.4. The van der Waals surface area contributed by atoms with Crippen molar-refractivity contribution in [2.45, 2.75) is 143 Å². The van der Waals surface area contributed by atoms with Gasteiger partial charge in [0, 0.05) is 67.2 Å². The average Bonchev–Trinajstić information content (AvgIpc) is 1.04. The topological polar surface area (TPSA) is 430 Å². The Labute approximate surface area is 509 Å². The van der Waals surface area contributed by atoms with E-state index in [9.17, 15) is 74.7 Å². The van der Waals surface area contributed by atoms with E-state index in [0.717, 1.165) is 24.0 Å². The summed E-state index contributed by atoms with van der Waals surface area (Å²) in [4.78, 5) is 92.1. The second kappa shape index (κ2) is 27.7. The van der Waals surface area contributed by atoms with Crippen LogP contribution in [0.5, 0.6) is 11.5 Å². The number of aromatic amines is 1. The highest BCUT2D eigenvalue weighted by atomic mass is 16.8. The molecule has 3 fully saturated rings. The number of aromatic hydroxyl groups is 1. The maximum absolute atomic E-state index is 14.6. The van der Waals surface area contributed by atoms with E-state index >= 15 is 0 Å². The monoisotopic (exact) mass is 1240 g/mol. The summed E-state index contributed by atoms with van der Waals surface area (Å²) < 4.78 is 26.4. The molecule has 15 N–H and O–H groups in total. The minimum Gasteiger partial charge on any atom is -0.508 e. The number of aliphatic carboxylic acids is 1. The van der Waals surface area contributed by atoms with Gasteiger partial charge < -0.3 is 105 Å². The van der Waals surface area contributed by atoms with Crippen molar-refractivity contribution >= 4 is 58.6 Å². The fraction of sp³-hybridized carbons (Fsp3) is 0.468. The number of nitrogens with zero attached hydrogens (tertiary/aromatic N) is 2. The fourth-order valence-electron chi connectivity index (χ4n) is 13.0. The summed E-state index contributed by atoms with van der Waals surface area (Å²) in [5.41, 5.74) is -0.741. The number of aryl methyl sites for hydroxylation is 2. The Morgan fingerprint density at radius 1 is 0.966 bits per heavy atom. The second-order valence-electron chi connectivity index (χ2n) is 23.1. The SMILES string of the molecule is Cc1cc(C)cc(-c2c3[nH]ccc3cn2O[C@@H]2[C@@H](Oc3ccc4c(=O)c(-c5ccc(O)cc5)coc4c3)O[C@@H]([C@](CO)(NC(N)=N[C@@H](C=O)[C@H]3CC[C@@H]4CCC[C@H]([C@H](O)CC=O)[C@@H]4N3)OC(=O)[C@H](NCCC=O)C(=O)O)[C@@](O)(CO)[C@]2(O)[C@H](O)CCCO)c1. The number of nitrogens with one attached hydrogen (secondary N) is 4. The lowest BCUT2D eigenvalue weighted by molar-refractivity contribution is -0.400. The number of rotatable bonds is 27. The van der Waals surface area contributed by atoms with Crippen LogP contribution < -0.4 is 36.7 Å². The molecule has 0 radical (unpaired) electrons. The molecule has 27 heteroatoms. The highest BCUT2D eigenvalue weighted by Gasteiger charge is 2.75. The molecule has 0 spiro atoms. The van der Waals surface area contributed by atoms with Gasteiger partial charge in [-0.15, -0.1) is 0 Å². The molecule has 9 rings (SSSR count). The van der Waals surface area contributed by atoms with E-state index in [1.54, 1.807) is 12.3 Å². The third-order valence-electron chi connectivity index (χ3n) is 17.2. The number of esters is 1. The summed E-state index contributed by atoms with van der Waals surface area (Å²) in [6.07, 6.45) is -3.23. The highest BCUT2D eigenvalue weighted by Crippen LogP contribution is 2.48. The lowest BCUT2D eigenvalue weighted by Crippen LogP contribution is -2.86. The molecule has 478 valence electrons. The van der Waals surface area contributed by atoms with Crippen LogP contribution in [0, 0.1) is 25.7 Å². The number of benzene rings is 3. The summed E-state index contributed by atoms with van der Waals surface area (Å²) in [6, 6.07) is 11.9. The molecule has 0 bridgehead atoms. The van der Waals surface area contributed by atoms with Gasteiger partial charge >= 0.3 is 11.9 Å². The molecule has 1 aliphatic carbocycles. The van der Waals surface area contributed by atoms with E-state index in [2.05, 4.69) is 25.9 Å². The van der Waals surface area contributed by atoms with Crippen LogP contribution >= 0.6 is 0 Å². The van der Waals surface area contributed by atoms with Gasteiger partial charge in [-0.1, -0.05) is 35.7 Å². The normalized spacial score (nSPS) is 25.8. The number of fused-ring (bicyclic) bond motifs is 3. The number of piperidine rings is 1. The number of aliphatic hydroxyl groups excluding tert-OH is 5. The lowest BCUT2D eigenvalue weighted by Gasteiger charge is -2.59. The second-order valence-corrected chi connectivity index (χ2v) is 23.1. The number of hydrogen-bond acceptors (Lipinski definition) is 22. The van der Waals surface area contributed by atoms with Crippen molar-refractivity contribution in [1.29, 1.82) is 0 Å². The Hall–Kier alpha value is -8.09. The number of guanidine groups is 1. The molecular weight excluding hydrogens is 1160 g/mol. The Morgan fingerprint density at radius 3 is 2.39 bits per heavy atom. The minimum absolute atomic E-state index is 0.0232. The number of aromatic nitrogens is 2. The van der Waals surface area contributed by atoms with Gasteiger partial charge in [-0.25, -0.2) is 14.6 Å². The maximum Gasteiger partial charge on any atom is 0.337 e. The molecule has 3 aliphatic rings. The number of carbonyl (C=O) groups excluding carboxylic acids is 4. The number of aliphatic hydroxyl groups is 7. The van der Waals surface area contributed by atoms with Crippen molar-refractivity contribution in [2.24, 2.45) is 22.6 Å². The van der Waals surface area contributed by atoms with E-state index in [1.807, 2.05) is 32.0 Å². The number of nitrogens with two attached hydrogens (primary N) is 1. The van der Waals surface area contributed by atoms with Crippen molar-refractivity contribution < 1.29 is 93.4 Å². The van der Waals surface area contributed by atoms with Gasteiger partial charge in [0.1, 0.15) is 60.5 Å². The van der Waals surface area contributed by atoms with Gasteiger partial charge in [-0.05, 0) is 106 Å². The summed E-state index contributed by atoms with van der Waals surface area (Å²) in [5, 5.41) is 114. The quantitative estimate of drug-likeness (QED) is 0.00643. The molecule has 27 nitrogen and oxygen atoms in total. The molecule has 1 saturated carbocycles. The zero-order valence-corrected chi connectivity index (χ0v) is 48.8. The fourth-order valence-corrected chi connectivity index (χ4v) is 13.0. The first kappa shape index (κ1) is 65.4. The Bertz CT molecular complexity index is 3570. The van der Waals surface area contributed by atoms with Crippen LogP contribution in [0.25, 0.3) is 44.3 Å². The number of aldehydes is 3. The molecule has 3 aromatic heterocycles. The molecule has 89 heavy (non-hydrogen) atoms. The number of aliphatic imine (C=N–C) groups is 1. The third kappa shape index (κ3) is 13.2. The first-order chi connectivity index (χ1) is 42.7. The Balaban J connectivity index is 1.22. The van der Waals surface area contributed by atoms with Crippen molar-refractivity contribution in [3.63, 3.8) is 0 Å². The molecule has 2 aliphatic heterocycles. The van der Waals surface area contributed by atoms with Crippen molar-refractivity contribution in [3.8, 4) is 33.9 Å². The van der Waals surface area contributed by atoms with Gasteiger partial charge in [0.15, 0.2) is 28.7 Å². The van der Waals surface area contributed by atoms with Crippen LogP contribution in [0.3, 0.4) is 0 Å². The average molecular weight is 1240 g/mol. The molecule has 2 saturated heterocycles. The molecule has 14 atom stereocenters. The summed E-state index contributed by atoms with van der Waals surface area (Å²) in [6.45, 7) is -0.676. The van der Waals surface area contributed by atoms with E-state index < -0.39 is 122 Å². The third-order valence-corrected chi connectivity index (χ3v) is 17.2. The van der Waals surface area contributed by atoms with Crippen LogP contribution in [0.1, 0.15) is 68.9 Å². The predicted molar refractivity (Wildman–Crippen MR) is 318 cm³/mol. The van der Waals surface area contributed by atoms with Crippen LogP contribution in [-0.2, 0) is 33.4 Å². The zero-order valence-electron chi connectivity index (χ0n) is 48.8. The van der Waals surface area contributed by atoms with Gasteiger partial charge in [0.25, 0.3) is 0 Å². The molecule has 0 unspecified atom stereocenters. The maximum atomic E-state index is 14.6. The Morgan fingerprint density at radius 2 is 1.72 bits per heavy atom. The molecular formula is C62H75N7O20.